The third kappa shape index (κ3) is 3.89. The monoisotopic (exact) mass is 270 g/mol. The minimum Gasteiger partial charge on any atom is -0.368 e. The van der Waals surface area contributed by atoms with E-state index < -0.39 is 0 Å². The first-order valence-corrected chi connectivity index (χ1v) is 7.61. The van der Waals surface area contributed by atoms with Crippen molar-refractivity contribution in [3.8, 4) is 0 Å². The zero-order chi connectivity index (χ0) is 13.7. The average Bonchev–Trinajstić information content (AvgIpc) is 2.28. The van der Waals surface area contributed by atoms with E-state index in [1.165, 1.54) is 6.07 Å². The molecule has 4 heteroatoms. The van der Waals surface area contributed by atoms with Crippen LogP contribution in [0, 0.1) is 5.82 Å². The highest BCUT2D eigenvalue weighted by atomic mass is 32.2. The lowest BCUT2D eigenvalue weighted by molar-refractivity contribution is 0.608. The summed E-state index contributed by atoms with van der Waals surface area (Å²) in [5.74, 6) is 0.811. The van der Waals surface area contributed by atoms with Crippen LogP contribution in [-0.4, -0.2) is 31.1 Å². The van der Waals surface area contributed by atoms with E-state index in [1.807, 2.05) is 24.9 Å². The van der Waals surface area contributed by atoms with Gasteiger partial charge in [-0.15, -0.1) is 0 Å². The number of thioether (sulfide) groups is 1. The maximum atomic E-state index is 14.1. The van der Waals surface area contributed by atoms with E-state index in [9.17, 15) is 4.39 Å². The van der Waals surface area contributed by atoms with E-state index in [1.54, 1.807) is 17.8 Å². The summed E-state index contributed by atoms with van der Waals surface area (Å²) in [6.45, 7) is 4.05. The van der Waals surface area contributed by atoms with Crippen LogP contribution in [0.1, 0.15) is 19.4 Å². The highest BCUT2D eigenvalue weighted by molar-refractivity contribution is 7.98. The molecule has 0 aliphatic heterocycles. The molecule has 1 rings (SSSR count). The van der Waals surface area contributed by atoms with Crippen LogP contribution in [0.3, 0.4) is 0 Å². The molecular weight excluding hydrogens is 247 g/mol. The van der Waals surface area contributed by atoms with E-state index in [0.717, 1.165) is 11.3 Å². The minimum atomic E-state index is -0.163. The Kier molecular flexibility index (Phi) is 5.96. The smallest absolute Gasteiger partial charge is 0.146 e. The molecule has 0 radical (unpaired) electrons. The van der Waals surface area contributed by atoms with Gasteiger partial charge >= 0.3 is 0 Å². The largest absolute Gasteiger partial charge is 0.368 e. The van der Waals surface area contributed by atoms with E-state index >= 15 is 0 Å². The van der Waals surface area contributed by atoms with Gasteiger partial charge in [-0.2, -0.15) is 11.8 Å². The highest BCUT2D eigenvalue weighted by Gasteiger charge is 2.17. The van der Waals surface area contributed by atoms with E-state index in [0.29, 0.717) is 18.2 Å². The molecule has 0 amide bonds. The molecule has 0 saturated heterocycles. The Balaban J connectivity index is 3.04. The van der Waals surface area contributed by atoms with Gasteiger partial charge < -0.3 is 10.6 Å². The number of nitrogens with two attached hydrogens (primary N) is 1. The molecule has 102 valence electrons. The summed E-state index contributed by atoms with van der Waals surface area (Å²) in [5.41, 5.74) is 7.51. The van der Waals surface area contributed by atoms with Crippen molar-refractivity contribution in [2.45, 2.75) is 32.4 Å². The van der Waals surface area contributed by atoms with Crippen molar-refractivity contribution in [1.29, 1.82) is 0 Å². The number of para-hydroxylation sites is 1. The zero-order valence-corrected chi connectivity index (χ0v) is 12.4. The molecule has 0 bridgehead atoms. The summed E-state index contributed by atoms with van der Waals surface area (Å²) in [5, 5.41) is 0. The number of halogens is 1. The number of hydrogen-bond donors (Lipinski definition) is 1. The summed E-state index contributed by atoms with van der Waals surface area (Å²) < 4.78 is 14.1. The first-order chi connectivity index (χ1) is 8.47. The van der Waals surface area contributed by atoms with E-state index in [2.05, 4.69) is 13.2 Å². The number of rotatable bonds is 6. The molecule has 2 nitrogen and oxygen atoms in total. The first kappa shape index (κ1) is 15.3. The molecule has 0 fully saturated rings. The fraction of sp³-hybridized carbons (Fsp3) is 0.571. The SMILES string of the molecule is CSCC(C)N(C)c1c(F)cccc1CC(C)N. The van der Waals surface area contributed by atoms with Crippen molar-refractivity contribution < 1.29 is 4.39 Å². The first-order valence-electron chi connectivity index (χ1n) is 6.22. The second-order valence-corrected chi connectivity index (χ2v) is 5.75. The quantitative estimate of drug-likeness (QED) is 0.862. The lowest BCUT2D eigenvalue weighted by atomic mass is 10.0. The molecule has 2 N–H and O–H groups in total. The van der Waals surface area contributed by atoms with Crippen molar-refractivity contribution in [3.05, 3.63) is 29.6 Å². The molecule has 2 atom stereocenters. The topological polar surface area (TPSA) is 29.3 Å². The Bertz CT molecular complexity index is 382. The Morgan fingerprint density at radius 2 is 2.06 bits per heavy atom. The highest BCUT2D eigenvalue weighted by Crippen LogP contribution is 2.26. The van der Waals surface area contributed by atoms with Gasteiger partial charge in [-0.05, 0) is 38.2 Å². The number of benzene rings is 1. The number of hydrogen-bond acceptors (Lipinski definition) is 3. The second kappa shape index (κ2) is 7.00. The van der Waals surface area contributed by atoms with Crippen molar-refractivity contribution in [2.75, 3.05) is 24.0 Å². The molecular formula is C14H23FN2S. The predicted octanol–water partition coefficient (Wildman–Crippen LogP) is 2.90. The van der Waals surface area contributed by atoms with Gasteiger partial charge in [-0.25, -0.2) is 4.39 Å². The second-order valence-electron chi connectivity index (χ2n) is 4.84. The van der Waals surface area contributed by atoms with Crippen LogP contribution >= 0.6 is 11.8 Å². The van der Waals surface area contributed by atoms with E-state index in [-0.39, 0.29) is 11.9 Å². The Hall–Kier alpha value is -0.740. The van der Waals surface area contributed by atoms with Gasteiger partial charge in [0.2, 0.25) is 0 Å². The van der Waals surface area contributed by atoms with Gasteiger partial charge in [0.15, 0.2) is 0 Å². The van der Waals surface area contributed by atoms with Gasteiger partial charge in [-0.1, -0.05) is 12.1 Å². The number of anilines is 1. The summed E-state index contributed by atoms with van der Waals surface area (Å²) in [6.07, 6.45) is 2.76. The maximum Gasteiger partial charge on any atom is 0.146 e. The molecule has 0 heterocycles. The molecule has 1 aromatic carbocycles. The molecule has 0 aliphatic carbocycles. The third-order valence-corrected chi connectivity index (χ3v) is 3.85. The third-order valence-electron chi connectivity index (χ3n) is 3.03. The van der Waals surface area contributed by atoms with Crippen molar-refractivity contribution in [3.63, 3.8) is 0 Å². The average molecular weight is 270 g/mol. The van der Waals surface area contributed by atoms with Gasteiger partial charge in [0.1, 0.15) is 5.82 Å². The normalized spacial score (nSPS) is 14.3. The summed E-state index contributed by atoms with van der Waals surface area (Å²) in [7, 11) is 1.95. The summed E-state index contributed by atoms with van der Waals surface area (Å²) in [4.78, 5) is 2.02. The Morgan fingerprint density at radius 1 is 1.39 bits per heavy atom. The van der Waals surface area contributed by atoms with Crippen molar-refractivity contribution >= 4 is 17.4 Å². The zero-order valence-electron chi connectivity index (χ0n) is 11.6. The molecule has 1 aromatic rings. The molecule has 0 spiro atoms. The van der Waals surface area contributed by atoms with Crippen molar-refractivity contribution in [2.24, 2.45) is 5.73 Å². The van der Waals surface area contributed by atoms with Crippen LogP contribution in [0.15, 0.2) is 18.2 Å². The minimum absolute atomic E-state index is 0.0369. The molecule has 2 unspecified atom stereocenters. The van der Waals surface area contributed by atoms with Crippen LogP contribution in [0.4, 0.5) is 10.1 Å². The van der Waals surface area contributed by atoms with Gasteiger partial charge in [0.25, 0.3) is 0 Å². The lowest BCUT2D eigenvalue weighted by Crippen LogP contribution is -2.33. The van der Waals surface area contributed by atoms with Crippen LogP contribution < -0.4 is 10.6 Å². The van der Waals surface area contributed by atoms with Gasteiger partial charge in [-0.3, -0.25) is 0 Å². The molecule has 0 aliphatic rings. The van der Waals surface area contributed by atoms with Crippen LogP contribution in [0.2, 0.25) is 0 Å². The fourth-order valence-electron chi connectivity index (χ4n) is 2.04. The molecule has 0 saturated carbocycles. The van der Waals surface area contributed by atoms with E-state index in [4.69, 9.17) is 5.73 Å². The predicted molar refractivity (Wildman–Crippen MR) is 80.0 cm³/mol. The standard InChI is InChI=1S/C14H23FN2S/c1-10(16)8-12-6-5-7-13(15)14(12)17(3)11(2)9-18-4/h5-7,10-11H,8-9,16H2,1-4H3. The number of nitrogens with zero attached hydrogens (tertiary/aromatic N) is 1. The fourth-order valence-corrected chi connectivity index (χ4v) is 2.75. The van der Waals surface area contributed by atoms with Crippen LogP contribution in [-0.2, 0) is 6.42 Å². The van der Waals surface area contributed by atoms with Crippen LogP contribution in [0.25, 0.3) is 0 Å². The molecule has 18 heavy (non-hydrogen) atoms. The maximum absolute atomic E-state index is 14.1. The van der Waals surface area contributed by atoms with Gasteiger partial charge in [0.05, 0.1) is 5.69 Å². The Labute approximate surface area is 114 Å². The van der Waals surface area contributed by atoms with Crippen LogP contribution in [0.5, 0.6) is 0 Å². The summed E-state index contributed by atoms with van der Waals surface area (Å²) >= 11 is 1.77. The van der Waals surface area contributed by atoms with Crippen molar-refractivity contribution in [1.82, 2.24) is 0 Å². The lowest BCUT2D eigenvalue weighted by Gasteiger charge is -2.29. The molecule has 0 aromatic heterocycles. The Morgan fingerprint density at radius 3 is 2.61 bits per heavy atom. The summed E-state index contributed by atoms with van der Waals surface area (Å²) in [6, 6.07) is 5.56. The van der Waals surface area contributed by atoms with Gasteiger partial charge in [0, 0.05) is 24.9 Å².